The van der Waals surface area contributed by atoms with Gasteiger partial charge in [-0.2, -0.15) is 0 Å². The van der Waals surface area contributed by atoms with E-state index in [4.69, 9.17) is 0 Å². The lowest BCUT2D eigenvalue weighted by Gasteiger charge is -2.03. The van der Waals surface area contributed by atoms with Gasteiger partial charge in [-0.25, -0.2) is 4.98 Å². The lowest BCUT2D eigenvalue weighted by atomic mass is 10.3. The molecule has 0 aliphatic heterocycles. The molecule has 1 atom stereocenters. The van der Waals surface area contributed by atoms with Crippen molar-refractivity contribution in [2.24, 2.45) is 0 Å². The predicted octanol–water partition coefficient (Wildman–Crippen LogP) is 3.01. The van der Waals surface area contributed by atoms with Gasteiger partial charge in [-0.05, 0) is 20.4 Å². The maximum absolute atomic E-state index is 4.46. The molecule has 0 aliphatic carbocycles. The first-order chi connectivity index (χ1) is 6.27. The largest absolute Gasteiger partial charge is 0.311 e. The minimum Gasteiger partial charge on any atom is -0.311 e. The molecule has 0 amide bonds. The second kappa shape index (κ2) is 7.04. The first-order valence-corrected chi connectivity index (χ1v) is 5.77. The van der Waals surface area contributed by atoms with E-state index in [9.17, 15) is 0 Å². The van der Waals surface area contributed by atoms with Crippen molar-refractivity contribution in [3.8, 4) is 0 Å². The molecule has 0 radical (unpaired) electrons. The van der Waals surface area contributed by atoms with Gasteiger partial charge in [-0.1, -0.05) is 20.8 Å². The van der Waals surface area contributed by atoms with Crippen molar-refractivity contribution in [2.45, 2.75) is 40.2 Å². The standard InChI is InChI=1S/C8H14N2S.C2H6/c1-4-7-5-11-8(10-7)6(2)9-3;1-2/h5-6,9H,4H2,1-3H3;1-2H3. The van der Waals surface area contributed by atoms with E-state index in [1.807, 2.05) is 20.9 Å². The van der Waals surface area contributed by atoms with Crippen molar-refractivity contribution in [3.63, 3.8) is 0 Å². The molecular weight excluding hydrogens is 180 g/mol. The minimum atomic E-state index is 0.389. The summed E-state index contributed by atoms with van der Waals surface area (Å²) in [6.07, 6.45) is 1.03. The summed E-state index contributed by atoms with van der Waals surface area (Å²) in [5.41, 5.74) is 1.20. The number of nitrogens with zero attached hydrogens (tertiary/aromatic N) is 1. The van der Waals surface area contributed by atoms with E-state index in [1.54, 1.807) is 11.3 Å². The number of thiazole rings is 1. The smallest absolute Gasteiger partial charge is 0.110 e. The molecule has 1 unspecified atom stereocenters. The van der Waals surface area contributed by atoms with Crippen molar-refractivity contribution in [1.82, 2.24) is 10.3 Å². The fraction of sp³-hybridized carbons (Fsp3) is 0.700. The van der Waals surface area contributed by atoms with E-state index in [-0.39, 0.29) is 0 Å². The summed E-state index contributed by atoms with van der Waals surface area (Å²) >= 11 is 1.73. The number of aryl methyl sites for hydroxylation is 1. The Balaban J connectivity index is 0.000000671. The van der Waals surface area contributed by atoms with E-state index < -0.39 is 0 Å². The Morgan fingerprint density at radius 1 is 1.54 bits per heavy atom. The van der Waals surface area contributed by atoms with Crippen LogP contribution in [0.3, 0.4) is 0 Å². The molecule has 1 N–H and O–H groups in total. The molecule has 0 aliphatic rings. The van der Waals surface area contributed by atoms with Crippen molar-refractivity contribution in [1.29, 1.82) is 0 Å². The van der Waals surface area contributed by atoms with Gasteiger partial charge in [0.2, 0.25) is 0 Å². The maximum atomic E-state index is 4.46. The average Bonchev–Trinajstić information content (AvgIpc) is 2.68. The van der Waals surface area contributed by atoms with Crippen molar-refractivity contribution in [3.05, 3.63) is 16.1 Å². The third-order valence-electron chi connectivity index (χ3n) is 1.74. The monoisotopic (exact) mass is 200 g/mol. The summed E-state index contributed by atoms with van der Waals surface area (Å²) in [5.74, 6) is 0. The highest BCUT2D eigenvalue weighted by molar-refractivity contribution is 7.09. The summed E-state index contributed by atoms with van der Waals surface area (Å²) in [6, 6.07) is 0.389. The molecule has 0 saturated carbocycles. The van der Waals surface area contributed by atoms with Crippen molar-refractivity contribution >= 4 is 11.3 Å². The summed E-state index contributed by atoms with van der Waals surface area (Å²) in [4.78, 5) is 4.46. The Morgan fingerprint density at radius 3 is 2.54 bits per heavy atom. The topological polar surface area (TPSA) is 24.9 Å². The zero-order chi connectivity index (χ0) is 10.3. The van der Waals surface area contributed by atoms with Gasteiger partial charge in [-0.15, -0.1) is 11.3 Å². The van der Waals surface area contributed by atoms with Gasteiger partial charge in [0.05, 0.1) is 11.7 Å². The van der Waals surface area contributed by atoms with E-state index in [0.29, 0.717) is 6.04 Å². The van der Waals surface area contributed by atoms with Crippen LogP contribution in [0.25, 0.3) is 0 Å². The Labute approximate surface area is 85.4 Å². The van der Waals surface area contributed by atoms with Crippen LogP contribution in [0.4, 0.5) is 0 Å². The first-order valence-electron chi connectivity index (χ1n) is 4.89. The van der Waals surface area contributed by atoms with Crippen LogP contribution in [0.15, 0.2) is 5.38 Å². The quantitative estimate of drug-likeness (QED) is 0.811. The van der Waals surface area contributed by atoms with Crippen LogP contribution >= 0.6 is 11.3 Å². The van der Waals surface area contributed by atoms with Crippen LogP contribution < -0.4 is 5.32 Å². The van der Waals surface area contributed by atoms with E-state index in [0.717, 1.165) is 6.42 Å². The Morgan fingerprint density at radius 2 is 2.15 bits per heavy atom. The fourth-order valence-corrected chi connectivity index (χ4v) is 1.78. The first kappa shape index (κ1) is 12.6. The highest BCUT2D eigenvalue weighted by atomic mass is 32.1. The normalized spacial score (nSPS) is 11.8. The highest BCUT2D eigenvalue weighted by Gasteiger charge is 2.06. The molecule has 0 saturated heterocycles. The van der Waals surface area contributed by atoms with Gasteiger partial charge >= 0.3 is 0 Å². The molecule has 1 heterocycles. The molecule has 0 fully saturated rings. The van der Waals surface area contributed by atoms with Crippen LogP contribution in [-0.4, -0.2) is 12.0 Å². The molecule has 3 heteroatoms. The van der Waals surface area contributed by atoms with E-state index >= 15 is 0 Å². The highest BCUT2D eigenvalue weighted by Crippen LogP contribution is 2.17. The van der Waals surface area contributed by atoms with Crippen LogP contribution in [0.2, 0.25) is 0 Å². The van der Waals surface area contributed by atoms with Gasteiger partial charge < -0.3 is 5.32 Å². The number of nitrogens with one attached hydrogen (secondary N) is 1. The third-order valence-corrected chi connectivity index (χ3v) is 2.81. The minimum absolute atomic E-state index is 0.389. The maximum Gasteiger partial charge on any atom is 0.110 e. The zero-order valence-electron chi connectivity index (χ0n) is 9.22. The van der Waals surface area contributed by atoms with Crippen LogP contribution in [0.5, 0.6) is 0 Å². The summed E-state index contributed by atoms with van der Waals surface area (Å²) < 4.78 is 0. The SMILES string of the molecule is CC.CCc1csc(C(C)NC)n1. The van der Waals surface area contributed by atoms with Gasteiger partial charge in [0.15, 0.2) is 0 Å². The number of hydrogen-bond acceptors (Lipinski definition) is 3. The molecule has 13 heavy (non-hydrogen) atoms. The Kier molecular flexibility index (Phi) is 6.82. The second-order valence-electron chi connectivity index (χ2n) is 2.54. The predicted molar refractivity (Wildman–Crippen MR) is 60.3 cm³/mol. The van der Waals surface area contributed by atoms with Crippen molar-refractivity contribution in [2.75, 3.05) is 7.05 Å². The van der Waals surface area contributed by atoms with Crippen molar-refractivity contribution < 1.29 is 0 Å². The zero-order valence-corrected chi connectivity index (χ0v) is 10.0. The summed E-state index contributed by atoms with van der Waals surface area (Å²) in [7, 11) is 1.96. The molecule has 2 nitrogen and oxygen atoms in total. The van der Waals surface area contributed by atoms with E-state index in [1.165, 1.54) is 10.7 Å². The number of aromatic nitrogens is 1. The van der Waals surface area contributed by atoms with Crippen LogP contribution in [0.1, 0.15) is 44.4 Å². The fourth-order valence-electron chi connectivity index (χ4n) is 0.807. The summed E-state index contributed by atoms with van der Waals surface area (Å²) in [6.45, 7) is 8.25. The lowest BCUT2D eigenvalue weighted by Crippen LogP contribution is -2.11. The number of rotatable bonds is 3. The van der Waals surface area contributed by atoms with Crippen LogP contribution in [-0.2, 0) is 6.42 Å². The molecule has 1 rings (SSSR count). The van der Waals surface area contributed by atoms with Gasteiger partial charge in [0.25, 0.3) is 0 Å². The lowest BCUT2D eigenvalue weighted by molar-refractivity contribution is 0.645. The Hall–Kier alpha value is -0.410. The number of hydrogen-bond donors (Lipinski definition) is 1. The molecule has 0 aromatic carbocycles. The molecule has 1 aromatic heterocycles. The third kappa shape index (κ3) is 3.87. The summed E-state index contributed by atoms with van der Waals surface area (Å²) in [5, 5.41) is 6.48. The van der Waals surface area contributed by atoms with Gasteiger partial charge in [-0.3, -0.25) is 0 Å². The van der Waals surface area contributed by atoms with Gasteiger partial charge in [0, 0.05) is 5.38 Å². The molecule has 1 aromatic rings. The second-order valence-corrected chi connectivity index (χ2v) is 3.43. The van der Waals surface area contributed by atoms with Gasteiger partial charge in [0.1, 0.15) is 5.01 Å². The molecule has 0 spiro atoms. The average molecular weight is 200 g/mol. The van der Waals surface area contributed by atoms with E-state index in [2.05, 4.69) is 29.5 Å². The van der Waals surface area contributed by atoms with Crippen LogP contribution in [0, 0.1) is 0 Å². The Bertz CT molecular complexity index is 220. The molecule has 76 valence electrons. The molecule has 0 bridgehead atoms. The molecular formula is C10H20N2S.